The number of hydrogen-bond donors (Lipinski definition) is 1. The summed E-state index contributed by atoms with van der Waals surface area (Å²) < 4.78 is 26.5. The Morgan fingerprint density at radius 3 is 2.62 bits per heavy atom. The first-order valence-electron chi connectivity index (χ1n) is 5.88. The molecule has 0 aliphatic heterocycles. The molecule has 1 N–H and O–H groups in total. The Hall–Kier alpha value is -0.960. The molecule has 0 heterocycles. The zero-order chi connectivity index (χ0) is 11.5. The molecular formula is C13H17F2N. The van der Waals surface area contributed by atoms with Crippen molar-refractivity contribution in [1.29, 1.82) is 0 Å². The van der Waals surface area contributed by atoms with E-state index in [4.69, 9.17) is 0 Å². The van der Waals surface area contributed by atoms with Crippen molar-refractivity contribution >= 4 is 0 Å². The van der Waals surface area contributed by atoms with Gasteiger partial charge in [-0.2, -0.15) is 0 Å². The van der Waals surface area contributed by atoms with E-state index >= 15 is 0 Å². The third kappa shape index (κ3) is 2.59. The van der Waals surface area contributed by atoms with Gasteiger partial charge in [0.05, 0.1) is 0 Å². The highest BCUT2D eigenvalue weighted by molar-refractivity contribution is 5.22. The zero-order valence-electron chi connectivity index (χ0n) is 9.47. The van der Waals surface area contributed by atoms with Crippen LogP contribution in [0.15, 0.2) is 18.2 Å². The first-order chi connectivity index (χ1) is 7.66. The molecule has 0 aromatic heterocycles. The van der Waals surface area contributed by atoms with Crippen molar-refractivity contribution in [2.24, 2.45) is 0 Å². The molecule has 3 heteroatoms. The number of nitrogens with one attached hydrogen (secondary N) is 1. The van der Waals surface area contributed by atoms with Crippen molar-refractivity contribution in [2.75, 3.05) is 0 Å². The van der Waals surface area contributed by atoms with Gasteiger partial charge >= 0.3 is 0 Å². The molecule has 0 amide bonds. The van der Waals surface area contributed by atoms with Gasteiger partial charge in [-0.3, -0.25) is 0 Å². The second-order valence-corrected chi connectivity index (χ2v) is 4.54. The van der Waals surface area contributed by atoms with E-state index in [2.05, 4.69) is 5.32 Å². The fourth-order valence-corrected chi connectivity index (χ4v) is 2.38. The van der Waals surface area contributed by atoms with Crippen LogP contribution < -0.4 is 5.32 Å². The summed E-state index contributed by atoms with van der Waals surface area (Å²) in [6.07, 6.45) is 4.74. The van der Waals surface area contributed by atoms with Crippen LogP contribution in [-0.2, 0) is 0 Å². The zero-order valence-corrected chi connectivity index (χ0v) is 9.47. The fraction of sp³-hybridized carbons (Fsp3) is 0.538. The number of halogens is 2. The summed E-state index contributed by atoms with van der Waals surface area (Å²) in [7, 11) is 0. The average Bonchev–Trinajstić information content (AvgIpc) is 2.74. The van der Waals surface area contributed by atoms with Gasteiger partial charge in [0, 0.05) is 17.6 Å². The minimum Gasteiger partial charge on any atom is -0.307 e. The van der Waals surface area contributed by atoms with E-state index in [9.17, 15) is 8.78 Å². The molecule has 1 aromatic carbocycles. The molecule has 1 fully saturated rings. The Bertz CT molecular complexity index is 359. The van der Waals surface area contributed by atoms with Crippen molar-refractivity contribution in [3.8, 4) is 0 Å². The van der Waals surface area contributed by atoms with Crippen molar-refractivity contribution in [1.82, 2.24) is 5.32 Å². The van der Waals surface area contributed by atoms with E-state index in [1.807, 2.05) is 6.92 Å². The molecule has 0 radical (unpaired) electrons. The molecule has 0 bridgehead atoms. The molecule has 1 unspecified atom stereocenters. The largest absolute Gasteiger partial charge is 0.307 e. The fourth-order valence-electron chi connectivity index (χ4n) is 2.38. The van der Waals surface area contributed by atoms with Crippen molar-refractivity contribution in [3.63, 3.8) is 0 Å². The number of benzene rings is 1. The molecule has 2 rings (SSSR count). The van der Waals surface area contributed by atoms with E-state index in [0.29, 0.717) is 11.6 Å². The molecule has 1 atom stereocenters. The molecule has 1 aliphatic carbocycles. The monoisotopic (exact) mass is 225 g/mol. The Kier molecular flexibility index (Phi) is 3.54. The molecule has 16 heavy (non-hydrogen) atoms. The molecule has 0 spiro atoms. The highest BCUT2D eigenvalue weighted by Gasteiger charge is 2.19. The lowest BCUT2D eigenvalue weighted by Gasteiger charge is -2.20. The quantitative estimate of drug-likeness (QED) is 0.829. The van der Waals surface area contributed by atoms with Crippen LogP contribution in [0.25, 0.3) is 0 Å². The third-order valence-electron chi connectivity index (χ3n) is 3.27. The van der Waals surface area contributed by atoms with Gasteiger partial charge in [0.1, 0.15) is 11.6 Å². The third-order valence-corrected chi connectivity index (χ3v) is 3.27. The second-order valence-electron chi connectivity index (χ2n) is 4.54. The Balaban J connectivity index is 2.07. The Labute approximate surface area is 94.9 Å². The topological polar surface area (TPSA) is 12.0 Å². The van der Waals surface area contributed by atoms with Crippen LogP contribution in [0.1, 0.15) is 44.2 Å². The highest BCUT2D eigenvalue weighted by Crippen LogP contribution is 2.23. The normalized spacial score (nSPS) is 18.9. The summed E-state index contributed by atoms with van der Waals surface area (Å²) in [4.78, 5) is 0. The van der Waals surface area contributed by atoms with E-state index in [1.54, 1.807) is 0 Å². The van der Waals surface area contributed by atoms with Gasteiger partial charge in [-0.15, -0.1) is 0 Å². The summed E-state index contributed by atoms with van der Waals surface area (Å²) in [5.41, 5.74) is 0.423. The highest BCUT2D eigenvalue weighted by atomic mass is 19.1. The maximum Gasteiger partial charge on any atom is 0.128 e. The van der Waals surface area contributed by atoms with E-state index in [1.165, 1.54) is 25.0 Å². The molecule has 1 nitrogen and oxygen atoms in total. The molecule has 1 saturated carbocycles. The Morgan fingerprint density at radius 1 is 1.25 bits per heavy atom. The molecule has 0 saturated heterocycles. The second kappa shape index (κ2) is 4.91. The van der Waals surface area contributed by atoms with Crippen LogP contribution in [0.3, 0.4) is 0 Å². The molecular weight excluding hydrogens is 208 g/mol. The van der Waals surface area contributed by atoms with Crippen LogP contribution in [0.2, 0.25) is 0 Å². The SMILES string of the molecule is CC(NC1CCCC1)c1cc(F)ccc1F. The van der Waals surface area contributed by atoms with Gasteiger partial charge in [-0.25, -0.2) is 8.78 Å². The van der Waals surface area contributed by atoms with Crippen LogP contribution >= 0.6 is 0 Å². The van der Waals surface area contributed by atoms with Gasteiger partial charge in [-0.05, 0) is 38.0 Å². The standard InChI is InChI=1S/C13H17F2N/c1-9(16-11-4-2-3-5-11)12-8-10(14)6-7-13(12)15/h6-9,11,16H,2-5H2,1H3. The van der Waals surface area contributed by atoms with Crippen molar-refractivity contribution in [2.45, 2.75) is 44.7 Å². The maximum atomic E-state index is 13.5. The summed E-state index contributed by atoms with van der Waals surface area (Å²) in [5.74, 6) is -0.712. The van der Waals surface area contributed by atoms with E-state index < -0.39 is 0 Å². The molecule has 88 valence electrons. The minimum atomic E-state index is -0.378. The minimum absolute atomic E-state index is 0.126. The molecule has 1 aromatic rings. The van der Waals surface area contributed by atoms with Gasteiger partial charge in [0.2, 0.25) is 0 Å². The van der Waals surface area contributed by atoms with Gasteiger partial charge in [-0.1, -0.05) is 12.8 Å². The lowest BCUT2D eigenvalue weighted by Crippen LogP contribution is -2.29. The number of hydrogen-bond acceptors (Lipinski definition) is 1. The summed E-state index contributed by atoms with van der Waals surface area (Å²) in [6, 6.07) is 3.96. The van der Waals surface area contributed by atoms with Gasteiger partial charge in [0.25, 0.3) is 0 Å². The maximum absolute atomic E-state index is 13.5. The van der Waals surface area contributed by atoms with E-state index in [0.717, 1.165) is 18.9 Å². The molecule has 1 aliphatic rings. The smallest absolute Gasteiger partial charge is 0.128 e. The van der Waals surface area contributed by atoms with Gasteiger partial charge in [0.15, 0.2) is 0 Å². The van der Waals surface area contributed by atoms with Crippen LogP contribution in [0.4, 0.5) is 8.78 Å². The van der Waals surface area contributed by atoms with E-state index in [-0.39, 0.29) is 17.7 Å². The lowest BCUT2D eigenvalue weighted by atomic mass is 10.1. The summed E-state index contributed by atoms with van der Waals surface area (Å²) >= 11 is 0. The van der Waals surface area contributed by atoms with Crippen molar-refractivity contribution in [3.05, 3.63) is 35.4 Å². The lowest BCUT2D eigenvalue weighted by molar-refractivity contribution is 0.444. The van der Waals surface area contributed by atoms with Gasteiger partial charge < -0.3 is 5.32 Å². The first-order valence-corrected chi connectivity index (χ1v) is 5.88. The van der Waals surface area contributed by atoms with Crippen LogP contribution in [-0.4, -0.2) is 6.04 Å². The van der Waals surface area contributed by atoms with Crippen LogP contribution in [0.5, 0.6) is 0 Å². The predicted molar refractivity (Wildman–Crippen MR) is 60.2 cm³/mol. The van der Waals surface area contributed by atoms with Crippen molar-refractivity contribution < 1.29 is 8.78 Å². The summed E-state index contributed by atoms with van der Waals surface area (Å²) in [5, 5.41) is 3.36. The first kappa shape index (κ1) is 11.5. The van der Waals surface area contributed by atoms with Crippen LogP contribution in [0, 0.1) is 11.6 Å². The Morgan fingerprint density at radius 2 is 1.94 bits per heavy atom. The number of rotatable bonds is 3. The predicted octanol–water partition coefficient (Wildman–Crippen LogP) is 3.56. The average molecular weight is 225 g/mol. The summed E-state index contributed by atoms with van der Waals surface area (Å²) in [6.45, 7) is 1.89.